The van der Waals surface area contributed by atoms with E-state index in [0.717, 1.165) is 37.9 Å². The molecule has 0 N–H and O–H groups in total. The number of hydrogen-bond acceptors (Lipinski definition) is 2. The maximum Gasteiger partial charge on any atom is 0.141 e. The van der Waals surface area contributed by atoms with E-state index in [4.69, 9.17) is 16.9 Å². The third-order valence-electron chi connectivity index (χ3n) is 3.43. The first-order valence-corrected chi connectivity index (χ1v) is 6.46. The fourth-order valence-electron chi connectivity index (χ4n) is 2.07. The molecular formula is C14H16ClFN2. The van der Waals surface area contributed by atoms with Crippen LogP contribution in [0.1, 0.15) is 18.4 Å². The fraction of sp³-hybridized carbons (Fsp3) is 0.500. The van der Waals surface area contributed by atoms with E-state index in [0.29, 0.717) is 0 Å². The highest BCUT2D eigenvalue weighted by atomic mass is 35.5. The largest absolute Gasteiger partial charge is 0.304 e. The summed E-state index contributed by atoms with van der Waals surface area (Å²) >= 11 is 5.74. The Hall–Kier alpha value is -1.11. The van der Waals surface area contributed by atoms with Crippen molar-refractivity contribution in [3.8, 4) is 6.07 Å². The van der Waals surface area contributed by atoms with Gasteiger partial charge in [-0.15, -0.1) is 0 Å². The minimum atomic E-state index is -0.379. The molecule has 2 rings (SSSR count). The summed E-state index contributed by atoms with van der Waals surface area (Å²) in [6.45, 7) is 1.67. The van der Waals surface area contributed by atoms with Crippen LogP contribution < -0.4 is 0 Å². The molecule has 0 amide bonds. The van der Waals surface area contributed by atoms with Crippen LogP contribution in [0.15, 0.2) is 18.2 Å². The number of nitrogens with zero attached hydrogens (tertiary/aromatic N) is 2. The molecule has 1 fully saturated rings. The lowest BCUT2D eigenvalue weighted by atomic mass is 10.1. The van der Waals surface area contributed by atoms with Gasteiger partial charge in [-0.3, -0.25) is 0 Å². The van der Waals surface area contributed by atoms with E-state index in [1.165, 1.54) is 6.07 Å². The molecule has 18 heavy (non-hydrogen) atoms. The van der Waals surface area contributed by atoms with Crippen molar-refractivity contribution in [1.82, 2.24) is 4.90 Å². The lowest BCUT2D eigenvalue weighted by molar-refractivity contribution is 0.297. The van der Waals surface area contributed by atoms with E-state index in [1.807, 2.05) is 7.05 Å². The van der Waals surface area contributed by atoms with Crippen molar-refractivity contribution >= 4 is 11.6 Å². The highest BCUT2D eigenvalue weighted by molar-refractivity contribution is 6.30. The number of benzene rings is 1. The van der Waals surface area contributed by atoms with E-state index in [1.54, 1.807) is 12.1 Å². The van der Waals surface area contributed by atoms with Gasteiger partial charge in [0.2, 0.25) is 0 Å². The van der Waals surface area contributed by atoms with Gasteiger partial charge < -0.3 is 4.90 Å². The van der Waals surface area contributed by atoms with E-state index in [-0.39, 0.29) is 16.3 Å². The van der Waals surface area contributed by atoms with Crippen LogP contribution in [0.4, 0.5) is 4.39 Å². The number of rotatable bonds is 5. The Kier molecular flexibility index (Phi) is 3.89. The summed E-state index contributed by atoms with van der Waals surface area (Å²) in [4.78, 5) is 2.16. The van der Waals surface area contributed by atoms with Crippen LogP contribution in [0.3, 0.4) is 0 Å². The molecule has 0 spiro atoms. The fourth-order valence-corrected chi connectivity index (χ4v) is 2.27. The summed E-state index contributed by atoms with van der Waals surface area (Å²) in [5, 5.41) is 9.19. The lowest BCUT2D eigenvalue weighted by Crippen LogP contribution is -2.28. The second-order valence-electron chi connectivity index (χ2n) is 5.13. The Morgan fingerprint density at radius 1 is 1.50 bits per heavy atom. The molecule has 1 saturated carbocycles. The maximum atomic E-state index is 13.0. The lowest BCUT2D eigenvalue weighted by Gasteiger charge is -2.19. The summed E-state index contributed by atoms with van der Waals surface area (Å²) < 4.78 is 13.0. The summed E-state index contributed by atoms with van der Waals surface area (Å²) in [5.74, 6) is -0.379. The van der Waals surface area contributed by atoms with Crippen LogP contribution in [0.2, 0.25) is 5.02 Å². The van der Waals surface area contributed by atoms with Crippen LogP contribution in [-0.2, 0) is 6.42 Å². The third kappa shape index (κ3) is 3.22. The molecule has 1 aromatic rings. The first kappa shape index (κ1) is 13.3. The Morgan fingerprint density at radius 3 is 2.78 bits per heavy atom. The van der Waals surface area contributed by atoms with Crippen LogP contribution in [-0.4, -0.2) is 25.0 Å². The Morgan fingerprint density at radius 2 is 2.22 bits per heavy atom. The molecule has 1 aliphatic carbocycles. The SMILES string of the molecule is CN(CCc1ccc(F)c(Cl)c1)CC1(C#N)CC1. The van der Waals surface area contributed by atoms with Crippen LogP contribution in [0.25, 0.3) is 0 Å². The van der Waals surface area contributed by atoms with Crippen molar-refractivity contribution in [2.45, 2.75) is 19.3 Å². The van der Waals surface area contributed by atoms with E-state index in [9.17, 15) is 4.39 Å². The molecule has 1 aliphatic rings. The van der Waals surface area contributed by atoms with E-state index >= 15 is 0 Å². The van der Waals surface area contributed by atoms with E-state index < -0.39 is 0 Å². The normalized spacial score (nSPS) is 16.6. The molecule has 0 heterocycles. The quantitative estimate of drug-likeness (QED) is 0.818. The van der Waals surface area contributed by atoms with Crippen LogP contribution in [0.5, 0.6) is 0 Å². The highest BCUT2D eigenvalue weighted by Crippen LogP contribution is 2.45. The Labute approximate surface area is 112 Å². The molecule has 0 bridgehead atoms. The van der Waals surface area contributed by atoms with Crippen LogP contribution in [0, 0.1) is 22.6 Å². The Bertz CT molecular complexity index is 477. The number of hydrogen-bond donors (Lipinski definition) is 0. The monoisotopic (exact) mass is 266 g/mol. The molecule has 0 unspecified atom stereocenters. The minimum Gasteiger partial charge on any atom is -0.304 e. The van der Waals surface area contributed by atoms with Gasteiger partial charge in [-0.2, -0.15) is 5.26 Å². The number of likely N-dealkylation sites (N-methyl/N-ethyl adjacent to an activating group) is 1. The zero-order valence-corrected chi connectivity index (χ0v) is 11.2. The van der Waals surface area contributed by atoms with Crippen molar-refractivity contribution in [2.24, 2.45) is 5.41 Å². The zero-order valence-electron chi connectivity index (χ0n) is 10.4. The molecule has 2 nitrogen and oxygen atoms in total. The summed E-state index contributed by atoms with van der Waals surface area (Å²) in [6, 6.07) is 7.21. The van der Waals surface area contributed by atoms with Crippen molar-refractivity contribution < 1.29 is 4.39 Å². The molecule has 0 radical (unpaired) electrons. The molecule has 0 saturated heterocycles. The minimum absolute atomic E-state index is 0.102. The van der Waals surface area contributed by atoms with Gasteiger partial charge >= 0.3 is 0 Å². The second-order valence-corrected chi connectivity index (χ2v) is 5.54. The van der Waals surface area contributed by atoms with Gasteiger partial charge in [0.15, 0.2) is 0 Å². The maximum absolute atomic E-state index is 13.0. The molecule has 1 aromatic carbocycles. The first-order chi connectivity index (χ1) is 8.54. The highest BCUT2D eigenvalue weighted by Gasteiger charge is 2.43. The molecule has 0 aliphatic heterocycles. The Balaban J connectivity index is 1.84. The smallest absolute Gasteiger partial charge is 0.141 e. The predicted octanol–water partition coefficient (Wildman–Crippen LogP) is 3.26. The third-order valence-corrected chi connectivity index (χ3v) is 3.72. The standard InChI is InChI=1S/C14H16ClFN2/c1-18(10-14(9-17)5-6-14)7-4-11-2-3-13(16)12(15)8-11/h2-3,8H,4-7,10H2,1H3. The van der Waals surface area contributed by atoms with Crippen molar-refractivity contribution in [1.29, 1.82) is 5.26 Å². The molecule has 96 valence electrons. The average molecular weight is 267 g/mol. The van der Waals surface area contributed by atoms with Gasteiger partial charge in [-0.1, -0.05) is 17.7 Å². The number of halogens is 2. The van der Waals surface area contributed by atoms with Gasteiger partial charge in [0.1, 0.15) is 5.82 Å². The van der Waals surface area contributed by atoms with Gasteiger partial charge in [0, 0.05) is 13.1 Å². The molecule has 0 aromatic heterocycles. The summed E-state index contributed by atoms with van der Waals surface area (Å²) in [5.41, 5.74) is 0.921. The molecular weight excluding hydrogens is 251 g/mol. The van der Waals surface area contributed by atoms with Gasteiger partial charge in [0.25, 0.3) is 0 Å². The topological polar surface area (TPSA) is 27.0 Å². The average Bonchev–Trinajstić information content (AvgIpc) is 3.11. The summed E-state index contributed by atoms with van der Waals surface area (Å²) in [6.07, 6.45) is 2.84. The number of nitriles is 1. The predicted molar refractivity (Wildman–Crippen MR) is 69.9 cm³/mol. The summed E-state index contributed by atoms with van der Waals surface area (Å²) in [7, 11) is 2.02. The van der Waals surface area contributed by atoms with Crippen molar-refractivity contribution in [3.05, 3.63) is 34.6 Å². The van der Waals surface area contributed by atoms with Crippen molar-refractivity contribution in [3.63, 3.8) is 0 Å². The first-order valence-electron chi connectivity index (χ1n) is 6.08. The van der Waals surface area contributed by atoms with Crippen LogP contribution >= 0.6 is 11.6 Å². The zero-order chi connectivity index (χ0) is 13.2. The van der Waals surface area contributed by atoms with Gasteiger partial charge in [0.05, 0.1) is 16.5 Å². The van der Waals surface area contributed by atoms with Crippen molar-refractivity contribution in [2.75, 3.05) is 20.1 Å². The second kappa shape index (κ2) is 5.26. The van der Waals surface area contributed by atoms with Gasteiger partial charge in [-0.05, 0) is 44.0 Å². The van der Waals surface area contributed by atoms with Gasteiger partial charge in [-0.25, -0.2) is 4.39 Å². The van der Waals surface area contributed by atoms with E-state index in [2.05, 4.69) is 11.0 Å². The molecule has 4 heteroatoms. The molecule has 0 atom stereocenters.